The number of rotatable bonds is 2. The van der Waals surface area contributed by atoms with Crippen LogP contribution in [-0.2, 0) is 4.79 Å². The Hall–Kier alpha value is -1.53. The Labute approximate surface area is 102 Å². The number of para-hydroxylation sites is 2. The van der Waals surface area contributed by atoms with Crippen LogP contribution in [0.1, 0.15) is 6.92 Å². The van der Waals surface area contributed by atoms with Crippen LogP contribution in [0.4, 0.5) is 0 Å². The molecule has 88 valence electrons. The third-order valence-electron chi connectivity index (χ3n) is 2.74. The highest BCUT2D eigenvalue weighted by molar-refractivity contribution is 8.00. The molecule has 17 heavy (non-hydrogen) atoms. The second-order valence-electron chi connectivity index (χ2n) is 4.02. The van der Waals surface area contributed by atoms with E-state index in [0.29, 0.717) is 0 Å². The fourth-order valence-corrected chi connectivity index (χ4v) is 2.82. The Morgan fingerprint density at radius 3 is 2.88 bits per heavy atom. The van der Waals surface area contributed by atoms with Crippen molar-refractivity contribution in [1.82, 2.24) is 20.8 Å². The summed E-state index contributed by atoms with van der Waals surface area (Å²) in [4.78, 5) is 19.2. The second-order valence-corrected chi connectivity index (χ2v) is 5.15. The van der Waals surface area contributed by atoms with E-state index in [-0.39, 0.29) is 17.2 Å². The SMILES string of the molecule is CC1NNC(=O)C1Sc1nc2ccccc2[nH]1. The smallest absolute Gasteiger partial charge is 0.249 e. The van der Waals surface area contributed by atoms with Crippen molar-refractivity contribution in [2.45, 2.75) is 23.4 Å². The molecule has 2 aromatic rings. The van der Waals surface area contributed by atoms with Gasteiger partial charge in [-0.25, -0.2) is 10.4 Å². The van der Waals surface area contributed by atoms with Gasteiger partial charge in [0.15, 0.2) is 5.16 Å². The molecule has 1 aliphatic heterocycles. The molecular formula is C11H12N4OS. The molecule has 0 radical (unpaired) electrons. The number of hydrogen-bond acceptors (Lipinski definition) is 4. The maximum atomic E-state index is 11.6. The van der Waals surface area contributed by atoms with Gasteiger partial charge in [-0.15, -0.1) is 0 Å². The number of hydrazine groups is 1. The molecule has 0 aliphatic carbocycles. The van der Waals surface area contributed by atoms with Gasteiger partial charge in [-0.1, -0.05) is 23.9 Å². The lowest BCUT2D eigenvalue weighted by atomic mass is 10.3. The number of hydrogen-bond donors (Lipinski definition) is 3. The van der Waals surface area contributed by atoms with E-state index in [0.717, 1.165) is 16.2 Å². The highest BCUT2D eigenvalue weighted by Crippen LogP contribution is 2.26. The van der Waals surface area contributed by atoms with Gasteiger partial charge in [0.2, 0.25) is 5.91 Å². The standard InChI is InChI=1S/C11H12N4OS/c1-6-9(10(16)15-14-6)17-11-12-7-4-2-3-5-8(7)13-11/h2-6,9,14H,1H3,(H,12,13)(H,15,16). The molecule has 3 rings (SSSR count). The van der Waals surface area contributed by atoms with Crippen LogP contribution in [-0.4, -0.2) is 27.2 Å². The van der Waals surface area contributed by atoms with Gasteiger partial charge in [-0.05, 0) is 19.1 Å². The van der Waals surface area contributed by atoms with Crippen molar-refractivity contribution >= 4 is 28.7 Å². The van der Waals surface area contributed by atoms with Crippen LogP contribution in [0.5, 0.6) is 0 Å². The molecule has 0 spiro atoms. The quantitative estimate of drug-likeness (QED) is 0.743. The first-order valence-corrected chi connectivity index (χ1v) is 6.29. The Balaban J connectivity index is 1.87. The zero-order valence-corrected chi connectivity index (χ0v) is 10.0. The highest BCUT2D eigenvalue weighted by Gasteiger charge is 2.33. The van der Waals surface area contributed by atoms with Crippen LogP contribution in [0, 0.1) is 0 Å². The largest absolute Gasteiger partial charge is 0.333 e. The molecule has 2 atom stereocenters. The number of amides is 1. The molecule has 1 aromatic heterocycles. The average Bonchev–Trinajstić information content (AvgIpc) is 2.87. The Morgan fingerprint density at radius 2 is 2.18 bits per heavy atom. The number of nitrogens with zero attached hydrogens (tertiary/aromatic N) is 1. The monoisotopic (exact) mass is 248 g/mol. The maximum Gasteiger partial charge on any atom is 0.249 e. The Morgan fingerprint density at radius 1 is 1.35 bits per heavy atom. The van der Waals surface area contributed by atoms with E-state index in [9.17, 15) is 4.79 Å². The number of aromatic nitrogens is 2. The summed E-state index contributed by atoms with van der Waals surface area (Å²) in [6.45, 7) is 1.97. The van der Waals surface area contributed by atoms with Gasteiger partial charge in [0.05, 0.1) is 11.0 Å². The third-order valence-corrected chi connectivity index (χ3v) is 4.03. The summed E-state index contributed by atoms with van der Waals surface area (Å²) in [6.07, 6.45) is 0. The first kappa shape index (κ1) is 10.6. The second kappa shape index (κ2) is 4.05. The molecule has 3 N–H and O–H groups in total. The number of aromatic amines is 1. The lowest BCUT2D eigenvalue weighted by Crippen LogP contribution is -2.29. The normalized spacial score (nSPS) is 24.2. The van der Waals surface area contributed by atoms with Gasteiger partial charge in [0, 0.05) is 6.04 Å². The van der Waals surface area contributed by atoms with Crippen LogP contribution in [0.25, 0.3) is 11.0 Å². The molecule has 1 amide bonds. The van der Waals surface area contributed by atoms with Crippen LogP contribution < -0.4 is 10.9 Å². The van der Waals surface area contributed by atoms with Gasteiger partial charge in [-0.3, -0.25) is 10.2 Å². The fraction of sp³-hybridized carbons (Fsp3) is 0.273. The molecule has 1 saturated heterocycles. The van der Waals surface area contributed by atoms with E-state index in [1.54, 1.807) is 0 Å². The van der Waals surface area contributed by atoms with E-state index in [4.69, 9.17) is 0 Å². The van der Waals surface area contributed by atoms with Gasteiger partial charge in [0.1, 0.15) is 5.25 Å². The predicted molar refractivity (Wildman–Crippen MR) is 66.5 cm³/mol. The predicted octanol–water partition coefficient (Wildman–Crippen LogP) is 1.05. The molecule has 2 unspecified atom stereocenters. The highest BCUT2D eigenvalue weighted by atomic mass is 32.2. The topological polar surface area (TPSA) is 69.8 Å². The molecule has 1 fully saturated rings. The first-order chi connectivity index (χ1) is 8.24. The minimum absolute atomic E-state index is 0.00274. The summed E-state index contributed by atoms with van der Waals surface area (Å²) < 4.78 is 0. The summed E-state index contributed by atoms with van der Waals surface area (Å²) in [5, 5.41) is 0.637. The third kappa shape index (κ3) is 1.89. The van der Waals surface area contributed by atoms with Gasteiger partial charge < -0.3 is 4.98 Å². The van der Waals surface area contributed by atoms with Gasteiger partial charge >= 0.3 is 0 Å². The van der Waals surface area contributed by atoms with Gasteiger partial charge in [-0.2, -0.15) is 0 Å². The van der Waals surface area contributed by atoms with Crippen LogP contribution in [0.2, 0.25) is 0 Å². The minimum atomic E-state index is -0.143. The number of H-pyrrole nitrogens is 1. The van der Waals surface area contributed by atoms with E-state index < -0.39 is 0 Å². The lowest BCUT2D eigenvalue weighted by Gasteiger charge is -2.08. The number of benzene rings is 1. The molecule has 2 heterocycles. The van der Waals surface area contributed by atoms with Crippen molar-refractivity contribution in [2.75, 3.05) is 0 Å². The van der Waals surface area contributed by atoms with E-state index in [1.165, 1.54) is 11.8 Å². The van der Waals surface area contributed by atoms with E-state index >= 15 is 0 Å². The molecule has 1 aromatic carbocycles. The summed E-state index contributed by atoms with van der Waals surface area (Å²) >= 11 is 1.45. The fourth-order valence-electron chi connectivity index (χ4n) is 1.82. The summed E-state index contributed by atoms with van der Waals surface area (Å²) in [7, 11) is 0. The van der Waals surface area contributed by atoms with Crippen molar-refractivity contribution < 1.29 is 4.79 Å². The molecule has 0 bridgehead atoms. The number of nitrogens with one attached hydrogen (secondary N) is 3. The molecule has 0 saturated carbocycles. The minimum Gasteiger partial charge on any atom is -0.333 e. The number of thioether (sulfide) groups is 1. The first-order valence-electron chi connectivity index (χ1n) is 5.41. The van der Waals surface area contributed by atoms with E-state index in [1.807, 2.05) is 31.2 Å². The number of fused-ring (bicyclic) bond motifs is 1. The average molecular weight is 248 g/mol. The number of carbonyl (C=O) groups excluding carboxylic acids is 1. The van der Waals surface area contributed by atoms with Crippen molar-refractivity contribution in [1.29, 1.82) is 0 Å². The van der Waals surface area contributed by atoms with E-state index in [2.05, 4.69) is 20.8 Å². The summed E-state index contributed by atoms with van der Waals surface area (Å²) in [5.74, 6) is 0.00274. The molecule has 5 nitrogen and oxygen atoms in total. The Bertz CT molecular complexity index is 534. The maximum absolute atomic E-state index is 11.6. The molecular weight excluding hydrogens is 236 g/mol. The van der Waals surface area contributed by atoms with Crippen LogP contribution in [0.15, 0.2) is 29.4 Å². The van der Waals surface area contributed by atoms with Crippen molar-refractivity contribution in [3.63, 3.8) is 0 Å². The number of carbonyl (C=O) groups is 1. The van der Waals surface area contributed by atoms with Gasteiger partial charge in [0.25, 0.3) is 0 Å². The van der Waals surface area contributed by atoms with Crippen LogP contribution >= 0.6 is 11.8 Å². The summed E-state index contributed by atoms with van der Waals surface area (Å²) in [5.41, 5.74) is 7.45. The van der Waals surface area contributed by atoms with Crippen molar-refractivity contribution in [2.24, 2.45) is 0 Å². The summed E-state index contributed by atoms with van der Waals surface area (Å²) in [6, 6.07) is 7.93. The zero-order valence-electron chi connectivity index (χ0n) is 9.23. The van der Waals surface area contributed by atoms with Crippen LogP contribution in [0.3, 0.4) is 0 Å². The molecule has 1 aliphatic rings. The Kier molecular flexibility index (Phi) is 2.53. The lowest BCUT2D eigenvalue weighted by molar-refractivity contribution is -0.119. The van der Waals surface area contributed by atoms with Crippen molar-refractivity contribution in [3.05, 3.63) is 24.3 Å². The zero-order chi connectivity index (χ0) is 11.8. The van der Waals surface area contributed by atoms with Crippen molar-refractivity contribution in [3.8, 4) is 0 Å². The molecule has 6 heteroatoms. The number of imidazole rings is 1.